The number of hydrogen-bond donors (Lipinski definition) is 4. The number of aromatic amines is 1. The van der Waals surface area contributed by atoms with Gasteiger partial charge in [0, 0.05) is 6.54 Å². The third-order valence-corrected chi connectivity index (χ3v) is 2.43. The maximum Gasteiger partial charge on any atom is 0.277 e. The van der Waals surface area contributed by atoms with Crippen molar-refractivity contribution in [2.75, 3.05) is 29.5 Å². The van der Waals surface area contributed by atoms with E-state index in [1.807, 2.05) is 13.8 Å². The van der Waals surface area contributed by atoms with Gasteiger partial charge in [0.2, 0.25) is 5.95 Å². The largest absolute Gasteiger partial charge is 0.377 e. The number of nitrogens with zero attached hydrogens (tertiary/aromatic N) is 1. The van der Waals surface area contributed by atoms with Crippen LogP contribution < -0.4 is 21.9 Å². The number of nitrogen functional groups attached to an aromatic ring is 1. The van der Waals surface area contributed by atoms with E-state index < -0.39 is 0 Å². The lowest BCUT2D eigenvalue weighted by atomic mass is 10.2. The van der Waals surface area contributed by atoms with Crippen molar-refractivity contribution < 1.29 is 4.74 Å². The molecule has 1 aromatic rings. The molecule has 9 heteroatoms. The molecule has 0 saturated carbocycles. The van der Waals surface area contributed by atoms with Crippen LogP contribution in [0.25, 0.3) is 0 Å². The van der Waals surface area contributed by atoms with Gasteiger partial charge in [0.15, 0.2) is 5.82 Å². The minimum Gasteiger partial charge on any atom is -0.377 e. The molecular weight excluding hydrogens is 293 g/mol. The summed E-state index contributed by atoms with van der Waals surface area (Å²) in [4.78, 5) is 18.1. The number of fused-ring (bicyclic) bond motifs is 1. The van der Waals surface area contributed by atoms with Crippen LogP contribution in [0.1, 0.15) is 13.8 Å². The van der Waals surface area contributed by atoms with E-state index >= 15 is 0 Å². The van der Waals surface area contributed by atoms with Gasteiger partial charge < -0.3 is 21.1 Å². The number of aromatic nitrogens is 2. The van der Waals surface area contributed by atoms with Crippen molar-refractivity contribution in [2.45, 2.75) is 26.0 Å². The summed E-state index contributed by atoms with van der Waals surface area (Å²) in [5, 5.41) is 6.16. The minimum atomic E-state index is -0.269. The minimum absolute atomic E-state index is 0. The molecule has 0 spiro atoms. The van der Waals surface area contributed by atoms with E-state index in [1.54, 1.807) is 0 Å². The third kappa shape index (κ3) is 4.45. The Morgan fingerprint density at radius 2 is 2.16 bits per heavy atom. The molecule has 0 bridgehead atoms. The fourth-order valence-corrected chi connectivity index (χ4v) is 1.64. The van der Waals surface area contributed by atoms with E-state index in [4.69, 9.17) is 10.5 Å². The number of anilines is 3. The number of halogens is 2. The van der Waals surface area contributed by atoms with E-state index in [1.165, 1.54) is 0 Å². The molecule has 1 aliphatic rings. The van der Waals surface area contributed by atoms with Crippen LogP contribution in [0, 0.1) is 0 Å². The average Bonchev–Trinajstić information content (AvgIpc) is 2.26. The van der Waals surface area contributed by atoms with Gasteiger partial charge in [-0.2, -0.15) is 4.98 Å². The van der Waals surface area contributed by atoms with Crippen molar-refractivity contribution in [2.24, 2.45) is 0 Å². The van der Waals surface area contributed by atoms with Gasteiger partial charge in [-0.3, -0.25) is 9.78 Å². The Balaban J connectivity index is 0.00000162. The number of H-pyrrole nitrogens is 1. The highest BCUT2D eigenvalue weighted by molar-refractivity contribution is 5.85. The van der Waals surface area contributed by atoms with Crippen molar-refractivity contribution in [1.82, 2.24) is 9.97 Å². The molecule has 5 N–H and O–H groups in total. The maximum absolute atomic E-state index is 11.6. The standard InChI is InChI=1S/C10H17N5O2.2ClH/c1-5(2)17-4-6-3-12-8-7(13-6)9(16)15-10(11)14-8;;/h5-6,13H,3-4H2,1-2H3,(H4,11,12,14,15,16);2*1H. The second kappa shape index (κ2) is 7.42. The summed E-state index contributed by atoms with van der Waals surface area (Å²) in [6.07, 6.45) is 0.168. The van der Waals surface area contributed by atoms with Crippen LogP contribution in [0.5, 0.6) is 0 Å². The number of ether oxygens (including phenoxy) is 1. The van der Waals surface area contributed by atoms with Crippen molar-refractivity contribution in [3.63, 3.8) is 0 Å². The number of rotatable bonds is 3. The highest BCUT2D eigenvalue weighted by Crippen LogP contribution is 2.19. The van der Waals surface area contributed by atoms with Crippen molar-refractivity contribution in [3.05, 3.63) is 10.4 Å². The Labute approximate surface area is 123 Å². The smallest absolute Gasteiger partial charge is 0.277 e. The molecule has 1 aliphatic heterocycles. The van der Waals surface area contributed by atoms with Crippen molar-refractivity contribution >= 4 is 42.3 Å². The zero-order valence-electron chi connectivity index (χ0n) is 10.7. The molecule has 2 heterocycles. The first-order chi connectivity index (χ1) is 8.06. The van der Waals surface area contributed by atoms with Crippen LogP contribution in [0.2, 0.25) is 0 Å². The fourth-order valence-electron chi connectivity index (χ4n) is 1.64. The summed E-state index contributed by atoms with van der Waals surface area (Å²) in [6.45, 7) is 5.13. The lowest BCUT2D eigenvalue weighted by molar-refractivity contribution is 0.0731. The molecule has 1 aromatic heterocycles. The predicted octanol–water partition coefficient (Wildman–Crippen LogP) is 0.827. The van der Waals surface area contributed by atoms with Crippen LogP contribution in [0.4, 0.5) is 17.5 Å². The van der Waals surface area contributed by atoms with Gasteiger partial charge in [-0.1, -0.05) is 0 Å². The summed E-state index contributed by atoms with van der Waals surface area (Å²) in [5.74, 6) is 0.604. The van der Waals surface area contributed by atoms with E-state index in [0.717, 1.165) is 0 Å². The van der Waals surface area contributed by atoms with Gasteiger partial charge in [0.05, 0.1) is 18.8 Å². The Bertz CT molecular complexity index is 466. The zero-order chi connectivity index (χ0) is 12.4. The number of nitrogens with two attached hydrogens (primary N) is 1. The fraction of sp³-hybridized carbons (Fsp3) is 0.600. The Kier molecular flexibility index (Phi) is 6.96. The Morgan fingerprint density at radius 1 is 1.47 bits per heavy atom. The quantitative estimate of drug-likeness (QED) is 0.659. The first-order valence-electron chi connectivity index (χ1n) is 5.58. The molecule has 2 rings (SSSR count). The van der Waals surface area contributed by atoms with Crippen LogP contribution >= 0.6 is 24.8 Å². The third-order valence-electron chi connectivity index (χ3n) is 2.43. The van der Waals surface area contributed by atoms with E-state index in [9.17, 15) is 4.79 Å². The highest BCUT2D eigenvalue weighted by Gasteiger charge is 2.21. The summed E-state index contributed by atoms with van der Waals surface area (Å²) in [6, 6.07) is 0.0522. The topological polar surface area (TPSA) is 105 Å². The van der Waals surface area contributed by atoms with Crippen LogP contribution in [-0.4, -0.2) is 35.3 Å². The Morgan fingerprint density at radius 3 is 2.79 bits per heavy atom. The summed E-state index contributed by atoms with van der Waals surface area (Å²) < 4.78 is 5.50. The van der Waals surface area contributed by atoms with Crippen LogP contribution in [-0.2, 0) is 4.74 Å². The van der Waals surface area contributed by atoms with E-state index in [2.05, 4.69) is 20.6 Å². The molecule has 1 unspecified atom stereocenters. The maximum atomic E-state index is 11.6. The van der Waals surface area contributed by atoms with Crippen molar-refractivity contribution in [3.8, 4) is 0 Å². The van der Waals surface area contributed by atoms with Crippen LogP contribution in [0.3, 0.4) is 0 Å². The van der Waals surface area contributed by atoms with Gasteiger partial charge in [0.1, 0.15) is 5.69 Å². The molecule has 0 saturated heterocycles. The summed E-state index contributed by atoms with van der Waals surface area (Å²) in [7, 11) is 0. The molecule has 0 amide bonds. The highest BCUT2D eigenvalue weighted by atomic mass is 35.5. The zero-order valence-corrected chi connectivity index (χ0v) is 12.4. The molecule has 0 fully saturated rings. The number of nitrogens with one attached hydrogen (secondary N) is 3. The molecule has 0 aliphatic carbocycles. The normalized spacial score (nSPS) is 16.5. The van der Waals surface area contributed by atoms with Crippen molar-refractivity contribution in [1.29, 1.82) is 0 Å². The second-order valence-corrected chi connectivity index (χ2v) is 4.28. The van der Waals surface area contributed by atoms with Gasteiger partial charge in [-0.05, 0) is 13.8 Å². The first kappa shape index (κ1) is 17.8. The molecule has 7 nitrogen and oxygen atoms in total. The summed E-state index contributed by atoms with van der Waals surface area (Å²) >= 11 is 0. The molecular formula is C10H19Cl2N5O2. The lowest BCUT2D eigenvalue weighted by Gasteiger charge is -2.27. The molecule has 0 radical (unpaired) electrons. The molecule has 110 valence electrons. The molecule has 0 aromatic carbocycles. The first-order valence-corrected chi connectivity index (χ1v) is 5.58. The van der Waals surface area contributed by atoms with Gasteiger partial charge in [-0.15, -0.1) is 24.8 Å². The second-order valence-electron chi connectivity index (χ2n) is 4.28. The molecule has 1 atom stereocenters. The summed E-state index contributed by atoms with van der Waals surface area (Å²) in [5.41, 5.74) is 5.61. The lowest BCUT2D eigenvalue weighted by Crippen LogP contribution is -2.40. The SMILES string of the molecule is CC(C)OCC1CNc2nc(N)[nH]c(=O)c2N1.Cl.Cl. The predicted molar refractivity (Wildman–Crippen MR) is 80.8 cm³/mol. The molecule has 19 heavy (non-hydrogen) atoms. The monoisotopic (exact) mass is 311 g/mol. The van der Waals surface area contributed by atoms with Gasteiger partial charge >= 0.3 is 0 Å². The van der Waals surface area contributed by atoms with Gasteiger partial charge in [0.25, 0.3) is 5.56 Å². The van der Waals surface area contributed by atoms with Gasteiger partial charge in [-0.25, -0.2) is 0 Å². The average molecular weight is 312 g/mol. The van der Waals surface area contributed by atoms with E-state index in [-0.39, 0.29) is 48.5 Å². The van der Waals surface area contributed by atoms with E-state index in [0.29, 0.717) is 24.7 Å². The number of hydrogen-bond acceptors (Lipinski definition) is 6. The van der Waals surface area contributed by atoms with Crippen LogP contribution in [0.15, 0.2) is 4.79 Å². The Hall–Kier alpha value is -1.18.